The Balaban J connectivity index is 2.15. The van der Waals surface area contributed by atoms with Crippen molar-refractivity contribution >= 4 is 17.4 Å². The molecule has 0 saturated carbocycles. The fourth-order valence-corrected chi connectivity index (χ4v) is 2.93. The Hall–Kier alpha value is -0.800. The molecule has 19 heavy (non-hydrogen) atoms. The zero-order valence-corrected chi connectivity index (χ0v) is 12.9. The lowest BCUT2D eigenvalue weighted by Gasteiger charge is -2.38. The second-order valence-corrected chi connectivity index (χ2v) is 6.02. The lowest BCUT2D eigenvalue weighted by Crippen LogP contribution is -2.41. The number of hydrogen-bond donors (Lipinski definition) is 1. The third-order valence-corrected chi connectivity index (χ3v) is 4.13. The second-order valence-electron chi connectivity index (χ2n) is 5.61. The largest absolute Gasteiger partial charge is 0.352 e. The summed E-state index contributed by atoms with van der Waals surface area (Å²) < 4.78 is 0. The molecule has 0 bridgehead atoms. The van der Waals surface area contributed by atoms with Crippen LogP contribution in [0.2, 0.25) is 5.02 Å². The molecule has 1 aliphatic rings. The van der Waals surface area contributed by atoms with Crippen molar-refractivity contribution in [3.63, 3.8) is 0 Å². The predicted octanol–water partition coefficient (Wildman–Crippen LogP) is 3.47. The maximum Gasteiger partial charge on any atom is 0.147 e. The van der Waals surface area contributed by atoms with Crippen LogP contribution >= 0.6 is 11.6 Å². The van der Waals surface area contributed by atoms with Gasteiger partial charge < -0.3 is 10.2 Å². The fraction of sp³-hybridized carbons (Fsp3) is 0.667. The van der Waals surface area contributed by atoms with Crippen LogP contribution in [0.3, 0.4) is 0 Å². The summed E-state index contributed by atoms with van der Waals surface area (Å²) in [5.74, 6) is 1.66. The van der Waals surface area contributed by atoms with Crippen molar-refractivity contribution in [2.24, 2.45) is 5.92 Å². The zero-order valence-electron chi connectivity index (χ0n) is 12.1. The van der Waals surface area contributed by atoms with Crippen molar-refractivity contribution in [2.45, 2.75) is 46.2 Å². The molecule has 1 saturated heterocycles. The van der Waals surface area contributed by atoms with Crippen LogP contribution in [-0.2, 0) is 6.54 Å². The number of aromatic nitrogens is 1. The van der Waals surface area contributed by atoms with E-state index < -0.39 is 0 Å². The Kier molecular flexibility index (Phi) is 5.06. The lowest BCUT2D eigenvalue weighted by molar-refractivity contribution is 0.388. The van der Waals surface area contributed by atoms with E-state index in [1.165, 1.54) is 12.8 Å². The summed E-state index contributed by atoms with van der Waals surface area (Å²) in [6.07, 6.45) is 4.46. The molecule has 2 unspecified atom stereocenters. The highest BCUT2D eigenvalue weighted by Gasteiger charge is 2.25. The molecule has 1 aromatic rings. The molecule has 0 radical (unpaired) electrons. The Bertz CT molecular complexity index is 422. The van der Waals surface area contributed by atoms with E-state index in [1.54, 1.807) is 0 Å². The van der Waals surface area contributed by atoms with E-state index in [0.29, 0.717) is 6.04 Å². The first-order chi connectivity index (χ1) is 9.11. The molecule has 4 heteroatoms. The van der Waals surface area contributed by atoms with Crippen molar-refractivity contribution in [1.29, 1.82) is 0 Å². The number of halogens is 1. The summed E-state index contributed by atoms with van der Waals surface area (Å²) in [6, 6.07) is 2.57. The second kappa shape index (κ2) is 6.58. The van der Waals surface area contributed by atoms with Gasteiger partial charge in [0.15, 0.2) is 0 Å². The maximum atomic E-state index is 6.42. The average molecular weight is 282 g/mol. The van der Waals surface area contributed by atoms with Crippen LogP contribution in [0.15, 0.2) is 12.3 Å². The molecule has 3 nitrogen and oxygen atoms in total. The summed E-state index contributed by atoms with van der Waals surface area (Å²) in [5, 5.41) is 4.07. The molecule has 0 aromatic carbocycles. The van der Waals surface area contributed by atoms with Gasteiger partial charge in [-0.25, -0.2) is 4.98 Å². The Morgan fingerprint density at radius 1 is 1.42 bits per heavy atom. The minimum Gasteiger partial charge on any atom is -0.352 e. The monoisotopic (exact) mass is 281 g/mol. The van der Waals surface area contributed by atoms with Crippen molar-refractivity contribution in [3.8, 4) is 0 Å². The molecule has 2 rings (SSSR count). The molecule has 0 spiro atoms. The number of anilines is 1. The number of piperidine rings is 1. The number of nitrogens with zero attached hydrogens (tertiary/aromatic N) is 2. The highest BCUT2D eigenvalue weighted by molar-refractivity contribution is 6.33. The van der Waals surface area contributed by atoms with Gasteiger partial charge in [0.2, 0.25) is 0 Å². The molecule has 2 heterocycles. The van der Waals surface area contributed by atoms with Crippen LogP contribution in [0, 0.1) is 5.92 Å². The summed E-state index contributed by atoms with van der Waals surface area (Å²) in [5.41, 5.74) is 1.15. The summed E-state index contributed by atoms with van der Waals surface area (Å²) in [7, 11) is 0. The van der Waals surface area contributed by atoms with Gasteiger partial charge in [0.25, 0.3) is 0 Å². The quantitative estimate of drug-likeness (QED) is 0.916. The van der Waals surface area contributed by atoms with Gasteiger partial charge in [0.1, 0.15) is 5.82 Å². The van der Waals surface area contributed by atoms with Gasteiger partial charge >= 0.3 is 0 Å². The lowest BCUT2D eigenvalue weighted by atomic mass is 9.95. The molecule has 106 valence electrons. The van der Waals surface area contributed by atoms with Crippen LogP contribution in [-0.4, -0.2) is 24.1 Å². The third kappa shape index (κ3) is 3.61. The average Bonchev–Trinajstić information content (AvgIpc) is 2.40. The van der Waals surface area contributed by atoms with Crippen molar-refractivity contribution in [1.82, 2.24) is 10.3 Å². The van der Waals surface area contributed by atoms with E-state index in [2.05, 4.69) is 36.0 Å². The van der Waals surface area contributed by atoms with E-state index in [4.69, 9.17) is 11.6 Å². The van der Waals surface area contributed by atoms with Crippen molar-refractivity contribution in [2.75, 3.05) is 18.0 Å². The summed E-state index contributed by atoms with van der Waals surface area (Å²) in [4.78, 5) is 6.95. The van der Waals surface area contributed by atoms with Gasteiger partial charge in [-0.2, -0.15) is 0 Å². The van der Waals surface area contributed by atoms with Gasteiger partial charge in [0, 0.05) is 25.3 Å². The smallest absolute Gasteiger partial charge is 0.147 e. The molecule has 1 N–H and O–H groups in total. The van der Waals surface area contributed by atoms with Gasteiger partial charge in [-0.3, -0.25) is 0 Å². The predicted molar refractivity (Wildman–Crippen MR) is 81.8 cm³/mol. The van der Waals surface area contributed by atoms with Gasteiger partial charge in [-0.15, -0.1) is 0 Å². The van der Waals surface area contributed by atoms with Crippen LogP contribution in [0.25, 0.3) is 0 Å². The number of nitrogens with one attached hydrogen (secondary N) is 1. The van der Waals surface area contributed by atoms with Gasteiger partial charge in [-0.1, -0.05) is 25.4 Å². The molecule has 0 amide bonds. The van der Waals surface area contributed by atoms with Crippen LogP contribution < -0.4 is 10.2 Å². The minimum absolute atomic E-state index is 0.529. The van der Waals surface area contributed by atoms with Crippen LogP contribution in [0.4, 0.5) is 5.82 Å². The van der Waals surface area contributed by atoms with E-state index in [-0.39, 0.29) is 0 Å². The molecule has 1 fully saturated rings. The minimum atomic E-state index is 0.529. The first-order valence-corrected chi connectivity index (χ1v) is 7.61. The molecule has 2 atom stereocenters. The SMILES string of the molecule is CCNCc1cnc(N2CC(C)CCC2C)c(Cl)c1. The normalized spacial score (nSPS) is 23.7. The highest BCUT2D eigenvalue weighted by atomic mass is 35.5. The zero-order chi connectivity index (χ0) is 13.8. The molecular formula is C15H24ClN3. The first-order valence-electron chi connectivity index (χ1n) is 7.23. The van der Waals surface area contributed by atoms with E-state index in [9.17, 15) is 0 Å². The Morgan fingerprint density at radius 2 is 2.21 bits per heavy atom. The number of pyridine rings is 1. The van der Waals surface area contributed by atoms with E-state index in [0.717, 1.165) is 42.0 Å². The topological polar surface area (TPSA) is 28.2 Å². The fourth-order valence-electron chi connectivity index (χ4n) is 2.63. The van der Waals surface area contributed by atoms with Crippen LogP contribution in [0.1, 0.15) is 39.2 Å². The Morgan fingerprint density at radius 3 is 2.89 bits per heavy atom. The number of hydrogen-bond acceptors (Lipinski definition) is 3. The first kappa shape index (κ1) is 14.6. The molecule has 0 aliphatic carbocycles. The maximum absolute atomic E-state index is 6.42. The number of rotatable bonds is 4. The van der Waals surface area contributed by atoms with Crippen molar-refractivity contribution in [3.05, 3.63) is 22.8 Å². The standard InChI is InChI=1S/C15H24ClN3/c1-4-17-8-13-7-14(16)15(18-9-13)19-10-11(2)5-6-12(19)3/h7,9,11-12,17H,4-6,8,10H2,1-3H3. The Labute approximate surface area is 121 Å². The highest BCUT2D eigenvalue weighted by Crippen LogP contribution is 2.31. The molecule has 1 aromatic heterocycles. The van der Waals surface area contributed by atoms with E-state index in [1.807, 2.05) is 12.3 Å². The molecular weight excluding hydrogens is 258 g/mol. The van der Waals surface area contributed by atoms with Crippen LogP contribution in [0.5, 0.6) is 0 Å². The van der Waals surface area contributed by atoms with Gasteiger partial charge in [0.05, 0.1) is 5.02 Å². The summed E-state index contributed by atoms with van der Waals surface area (Å²) >= 11 is 6.42. The van der Waals surface area contributed by atoms with Crippen molar-refractivity contribution < 1.29 is 0 Å². The summed E-state index contributed by atoms with van der Waals surface area (Å²) in [6.45, 7) is 9.50. The third-order valence-electron chi connectivity index (χ3n) is 3.85. The molecule has 1 aliphatic heterocycles. The van der Waals surface area contributed by atoms with Gasteiger partial charge in [-0.05, 0) is 43.9 Å². The van der Waals surface area contributed by atoms with E-state index >= 15 is 0 Å².